The molecule has 3 atom stereocenters. The van der Waals surface area contributed by atoms with E-state index < -0.39 is 16.1 Å². The molecule has 6 nitrogen and oxygen atoms in total. The summed E-state index contributed by atoms with van der Waals surface area (Å²) in [6.45, 7) is 5.19. The third-order valence-corrected chi connectivity index (χ3v) is 6.81. The van der Waals surface area contributed by atoms with E-state index in [1.54, 1.807) is 17.0 Å². The first-order valence-electron chi connectivity index (χ1n) is 8.50. The van der Waals surface area contributed by atoms with Gasteiger partial charge in [-0.15, -0.1) is 0 Å². The molecule has 0 spiro atoms. The second kappa shape index (κ2) is 7.23. The van der Waals surface area contributed by atoms with Crippen molar-refractivity contribution in [2.24, 2.45) is 0 Å². The number of ether oxygens (including phenoxy) is 1. The summed E-state index contributed by atoms with van der Waals surface area (Å²) in [5.41, 5.74) is 0. The molecule has 8 heteroatoms. The molecular formula is C17H23ClN2O4S. The van der Waals surface area contributed by atoms with E-state index in [2.05, 4.69) is 0 Å². The number of sulfonamides is 1. The summed E-state index contributed by atoms with van der Waals surface area (Å²) < 4.78 is 32.9. The molecule has 2 aliphatic rings. The van der Waals surface area contributed by atoms with Crippen molar-refractivity contribution < 1.29 is 17.9 Å². The molecule has 0 unspecified atom stereocenters. The van der Waals surface area contributed by atoms with Crippen LogP contribution in [0.2, 0.25) is 5.02 Å². The van der Waals surface area contributed by atoms with Crippen molar-refractivity contribution in [2.45, 2.75) is 49.8 Å². The zero-order chi connectivity index (χ0) is 18.2. The lowest BCUT2D eigenvalue weighted by atomic mass is 10.1. The molecule has 0 aliphatic carbocycles. The third-order valence-electron chi connectivity index (χ3n) is 4.64. The van der Waals surface area contributed by atoms with E-state index in [0.29, 0.717) is 37.5 Å². The van der Waals surface area contributed by atoms with Crippen LogP contribution >= 0.6 is 11.6 Å². The number of morpholine rings is 1. The highest BCUT2D eigenvalue weighted by Crippen LogP contribution is 2.28. The first kappa shape index (κ1) is 18.6. The van der Waals surface area contributed by atoms with Crippen molar-refractivity contribution in [3.63, 3.8) is 0 Å². The average molecular weight is 387 g/mol. The van der Waals surface area contributed by atoms with Gasteiger partial charge in [0, 0.05) is 24.7 Å². The summed E-state index contributed by atoms with van der Waals surface area (Å²) in [6.07, 6.45) is 1.13. The number of rotatable bonds is 3. The van der Waals surface area contributed by atoms with Crippen molar-refractivity contribution in [1.29, 1.82) is 0 Å². The van der Waals surface area contributed by atoms with Crippen molar-refractivity contribution in [2.75, 3.05) is 19.6 Å². The van der Waals surface area contributed by atoms with Crippen LogP contribution in [0.3, 0.4) is 0 Å². The molecule has 0 bridgehead atoms. The lowest BCUT2D eigenvalue weighted by Gasteiger charge is -2.37. The molecule has 3 rings (SSSR count). The fraction of sp³-hybridized carbons (Fsp3) is 0.588. The van der Waals surface area contributed by atoms with Gasteiger partial charge in [0.2, 0.25) is 15.9 Å². The zero-order valence-electron chi connectivity index (χ0n) is 14.4. The van der Waals surface area contributed by atoms with Crippen LogP contribution in [0, 0.1) is 0 Å². The van der Waals surface area contributed by atoms with E-state index in [-0.39, 0.29) is 23.0 Å². The largest absolute Gasteiger partial charge is 0.372 e. The molecule has 1 aromatic carbocycles. The fourth-order valence-corrected chi connectivity index (χ4v) is 5.36. The normalized spacial score (nSPS) is 28.3. The van der Waals surface area contributed by atoms with E-state index in [4.69, 9.17) is 16.3 Å². The van der Waals surface area contributed by atoms with Crippen LogP contribution in [0.4, 0.5) is 0 Å². The number of halogens is 1. The van der Waals surface area contributed by atoms with Crippen molar-refractivity contribution in [3.8, 4) is 0 Å². The number of amides is 1. The third kappa shape index (κ3) is 3.84. The highest BCUT2D eigenvalue weighted by atomic mass is 35.5. The number of benzene rings is 1. The van der Waals surface area contributed by atoms with E-state index in [1.165, 1.54) is 16.4 Å². The number of hydrogen-bond donors (Lipinski definition) is 0. The molecule has 0 aromatic heterocycles. The maximum Gasteiger partial charge on any atom is 0.243 e. The Balaban J connectivity index is 1.82. The highest BCUT2D eigenvalue weighted by Gasteiger charge is 2.42. The molecule has 2 fully saturated rings. The maximum absolute atomic E-state index is 13.0. The van der Waals surface area contributed by atoms with Crippen LogP contribution in [0.1, 0.15) is 26.7 Å². The molecular weight excluding hydrogens is 364 g/mol. The van der Waals surface area contributed by atoms with Crippen LogP contribution < -0.4 is 0 Å². The number of carbonyl (C=O) groups is 1. The van der Waals surface area contributed by atoms with Gasteiger partial charge in [0.25, 0.3) is 0 Å². The SMILES string of the molecule is C[C@@H]1CN(C(=O)[C@H]2CCCN2S(=O)(=O)c2ccc(Cl)cc2)C[C@@H](C)O1. The lowest BCUT2D eigenvalue weighted by Crippen LogP contribution is -2.54. The Labute approximate surface area is 153 Å². The van der Waals surface area contributed by atoms with Crippen LogP contribution in [0.25, 0.3) is 0 Å². The van der Waals surface area contributed by atoms with Gasteiger partial charge in [-0.2, -0.15) is 4.31 Å². The Kier molecular flexibility index (Phi) is 5.39. The van der Waals surface area contributed by atoms with Gasteiger partial charge in [-0.25, -0.2) is 8.42 Å². The van der Waals surface area contributed by atoms with Crippen LogP contribution in [0.5, 0.6) is 0 Å². The molecule has 1 aromatic rings. The van der Waals surface area contributed by atoms with Gasteiger partial charge in [0.1, 0.15) is 6.04 Å². The molecule has 0 saturated carbocycles. The number of carbonyl (C=O) groups excluding carboxylic acids is 1. The molecule has 2 aliphatic heterocycles. The average Bonchev–Trinajstić information content (AvgIpc) is 3.04. The zero-order valence-corrected chi connectivity index (χ0v) is 16.0. The molecule has 0 N–H and O–H groups in total. The summed E-state index contributed by atoms with van der Waals surface area (Å²) in [4.78, 5) is 14.9. The monoisotopic (exact) mass is 386 g/mol. The minimum atomic E-state index is -3.72. The first-order valence-corrected chi connectivity index (χ1v) is 10.3. The second-order valence-corrected chi connectivity index (χ2v) is 9.06. The quantitative estimate of drug-likeness (QED) is 0.798. The summed E-state index contributed by atoms with van der Waals surface area (Å²) in [5, 5.41) is 0.476. The standard InChI is InChI=1S/C17H23ClN2O4S/c1-12-10-19(11-13(2)24-12)17(21)16-4-3-9-20(16)25(22,23)15-7-5-14(18)6-8-15/h5-8,12-13,16H,3-4,9-11H2,1-2H3/t12-,13-,16-/m1/s1. The highest BCUT2D eigenvalue weighted by molar-refractivity contribution is 7.89. The lowest BCUT2D eigenvalue weighted by molar-refractivity contribution is -0.146. The van der Waals surface area contributed by atoms with Gasteiger partial charge in [0.15, 0.2) is 0 Å². The molecule has 2 heterocycles. The van der Waals surface area contributed by atoms with Gasteiger partial charge in [-0.1, -0.05) is 11.6 Å². The van der Waals surface area contributed by atoms with Crippen LogP contribution in [-0.4, -0.2) is 61.4 Å². The van der Waals surface area contributed by atoms with E-state index in [9.17, 15) is 13.2 Å². The molecule has 2 saturated heterocycles. The molecule has 1 amide bonds. The smallest absolute Gasteiger partial charge is 0.243 e. The minimum absolute atomic E-state index is 0.0459. The van der Waals surface area contributed by atoms with Gasteiger partial charge in [0.05, 0.1) is 17.1 Å². The summed E-state index contributed by atoms with van der Waals surface area (Å²) in [6, 6.07) is 5.42. The Hall–Kier alpha value is -1.15. The van der Waals surface area contributed by atoms with Gasteiger partial charge in [-0.05, 0) is 51.0 Å². The minimum Gasteiger partial charge on any atom is -0.372 e. The number of hydrogen-bond acceptors (Lipinski definition) is 4. The molecule has 25 heavy (non-hydrogen) atoms. The van der Waals surface area contributed by atoms with Gasteiger partial charge >= 0.3 is 0 Å². The molecule has 0 radical (unpaired) electrons. The first-order chi connectivity index (χ1) is 11.8. The van der Waals surface area contributed by atoms with Gasteiger partial charge in [-0.3, -0.25) is 4.79 Å². The van der Waals surface area contributed by atoms with Crippen LogP contribution in [-0.2, 0) is 19.6 Å². The second-order valence-electron chi connectivity index (χ2n) is 6.73. The van der Waals surface area contributed by atoms with E-state index in [1.807, 2.05) is 13.8 Å². The summed E-state index contributed by atoms with van der Waals surface area (Å²) >= 11 is 5.85. The van der Waals surface area contributed by atoms with Crippen molar-refractivity contribution >= 4 is 27.5 Å². The fourth-order valence-electron chi connectivity index (χ4n) is 3.59. The Morgan fingerprint density at radius 3 is 2.36 bits per heavy atom. The van der Waals surface area contributed by atoms with Crippen molar-refractivity contribution in [1.82, 2.24) is 9.21 Å². The summed E-state index contributed by atoms with van der Waals surface area (Å²) in [7, 11) is -3.72. The summed E-state index contributed by atoms with van der Waals surface area (Å²) in [5.74, 6) is -0.128. The van der Waals surface area contributed by atoms with E-state index >= 15 is 0 Å². The Morgan fingerprint density at radius 2 is 1.76 bits per heavy atom. The van der Waals surface area contributed by atoms with E-state index in [0.717, 1.165) is 0 Å². The maximum atomic E-state index is 13.0. The predicted octanol–water partition coefficient (Wildman–Crippen LogP) is 2.13. The van der Waals surface area contributed by atoms with Crippen LogP contribution in [0.15, 0.2) is 29.2 Å². The van der Waals surface area contributed by atoms with Crippen molar-refractivity contribution in [3.05, 3.63) is 29.3 Å². The Morgan fingerprint density at radius 1 is 1.16 bits per heavy atom. The predicted molar refractivity (Wildman–Crippen MR) is 95.0 cm³/mol. The molecule has 138 valence electrons. The Bertz CT molecular complexity index is 728. The number of nitrogens with zero attached hydrogens (tertiary/aromatic N) is 2. The van der Waals surface area contributed by atoms with Gasteiger partial charge < -0.3 is 9.64 Å². The topological polar surface area (TPSA) is 66.9 Å².